The van der Waals surface area contributed by atoms with Crippen molar-refractivity contribution >= 4 is 11.0 Å². The van der Waals surface area contributed by atoms with Gasteiger partial charge >= 0.3 is 0 Å². The molecular weight excluding hydrogens is 251 g/mol. The molecule has 0 atom stereocenters. The van der Waals surface area contributed by atoms with E-state index in [9.17, 15) is 4.39 Å². The van der Waals surface area contributed by atoms with E-state index in [1.165, 1.54) is 6.07 Å². The van der Waals surface area contributed by atoms with Crippen molar-refractivity contribution in [2.45, 2.75) is 13.5 Å². The van der Waals surface area contributed by atoms with E-state index in [-0.39, 0.29) is 5.82 Å². The van der Waals surface area contributed by atoms with Gasteiger partial charge in [-0.25, -0.2) is 9.37 Å². The van der Waals surface area contributed by atoms with Crippen molar-refractivity contribution in [3.63, 3.8) is 0 Å². The fraction of sp³-hybridized carbons (Fsp3) is 0.118. The average Bonchev–Trinajstić information content (AvgIpc) is 2.78. The molecule has 0 aliphatic carbocycles. The maximum atomic E-state index is 14.0. The third-order valence-electron chi connectivity index (χ3n) is 3.20. The van der Waals surface area contributed by atoms with Gasteiger partial charge in [-0.15, -0.1) is 0 Å². The van der Waals surface area contributed by atoms with Gasteiger partial charge in [0.15, 0.2) is 0 Å². The topological polar surface area (TPSA) is 17.8 Å². The van der Waals surface area contributed by atoms with Gasteiger partial charge in [0.1, 0.15) is 11.6 Å². The van der Waals surface area contributed by atoms with Crippen LogP contribution in [0.15, 0.2) is 60.7 Å². The minimum absolute atomic E-state index is 0.259. The number of aromatic nitrogens is 2. The molecule has 100 valence electrons. The van der Waals surface area contributed by atoms with E-state index in [0.29, 0.717) is 17.9 Å². The number of hydrogen-bond donors (Lipinski definition) is 0. The molecule has 0 saturated carbocycles. The Morgan fingerprint density at radius 3 is 2.60 bits per heavy atom. The fourth-order valence-corrected chi connectivity index (χ4v) is 2.35. The van der Waals surface area contributed by atoms with Crippen LogP contribution in [0.5, 0.6) is 0 Å². The Balaban J connectivity index is 2.29. The molecule has 3 rings (SSSR count). The normalized spacial score (nSPS) is 10.9. The smallest absolute Gasteiger partial charge is 0.144 e. The zero-order valence-corrected chi connectivity index (χ0v) is 11.3. The van der Waals surface area contributed by atoms with E-state index in [1.807, 2.05) is 41.8 Å². The number of imidazole rings is 1. The van der Waals surface area contributed by atoms with Gasteiger partial charge < -0.3 is 4.57 Å². The third kappa shape index (κ3) is 2.11. The van der Waals surface area contributed by atoms with Crippen molar-refractivity contribution in [2.24, 2.45) is 0 Å². The van der Waals surface area contributed by atoms with Gasteiger partial charge in [0.25, 0.3) is 0 Å². The first-order valence-corrected chi connectivity index (χ1v) is 6.51. The van der Waals surface area contributed by atoms with Crippen molar-refractivity contribution in [1.29, 1.82) is 0 Å². The quantitative estimate of drug-likeness (QED) is 0.642. The average molecular weight is 266 g/mol. The molecule has 0 unspecified atom stereocenters. The summed E-state index contributed by atoms with van der Waals surface area (Å²) >= 11 is 0. The molecule has 0 amide bonds. The highest BCUT2D eigenvalue weighted by atomic mass is 19.1. The Kier molecular flexibility index (Phi) is 3.11. The Labute approximate surface area is 117 Å². The van der Waals surface area contributed by atoms with Crippen molar-refractivity contribution in [3.05, 3.63) is 66.5 Å². The summed E-state index contributed by atoms with van der Waals surface area (Å²) in [7, 11) is 0. The Hall–Kier alpha value is -2.42. The maximum absolute atomic E-state index is 14.0. The number of hydrogen-bond acceptors (Lipinski definition) is 1. The third-order valence-corrected chi connectivity index (χ3v) is 3.20. The van der Waals surface area contributed by atoms with Crippen LogP contribution in [0.1, 0.15) is 6.92 Å². The lowest BCUT2D eigenvalue weighted by Crippen LogP contribution is -2.02. The van der Waals surface area contributed by atoms with Crippen LogP contribution in [0.3, 0.4) is 0 Å². The number of allylic oxidation sites excluding steroid dienone is 1. The number of nitrogens with zero attached hydrogens (tertiary/aromatic N) is 2. The molecule has 0 N–H and O–H groups in total. The minimum Gasteiger partial charge on any atom is -0.320 e. The zero-order chi connectivity index (χ0) is 14.1. The van der Waals surface area contributed by atoms with Gasteiger partial charge in [-0.1, -0.05) is 36.4 Å². The predicted octanol–water partition coefficient (Wildman–Crippen LogP) is 4.42. The molecule has 20 heavy (non-hydrogen) atoms. The molecule has 0 radical (unpaired) electrons. The van der Waals surface area contributed by atoms with E-state index in [0.717, 1.165) is 16.6 Å². The van der Waals surface area contributed by atoms with E-state index >= 15 is 0 Å². The lowest BCUT2D eigenvalue weighted by Gasteiger charge is -2.09. The molecule has 0 aliphatic rings. The van der Waals surface area contributed by atoms with Gasteiger partial charge in [0.2, 0.25) is 0 Å². The van der Waals surface area contributed by atoms with Crippen LogP contribution in [0.2, 0.25) is 0 Å². The summed E-state index contributed by atoms with van der Waals surface area (Å²) in [5.74, 6) is 0.387. The van der Waals surface area contributed by atoms with Crippen LogP contribution in [0.25, 0.3) is 22.4 Å². The largest absolute Gasteiger partial charge is 0.320 e. The summed E-state index contributed by atoms with van der Waals surface area (Å²) < 4.78 is 16.1. The van der Waals surface area contributed by atoms with Crippen molar-refractivity contribution < 1.29 is 4.39 Å². The number of halogens is 1. The Morgan fingerprint density at radius 1 is 1.15 bits per heavy atom. The zero-order valence-electron chi connectivity index (χ0n) is 11.3. The van der Waals surface area contributed by atoms with Crippen LogP contribution in [-0.2, 0) is 6.54 Å². The minimum atomic E-state index is -0.259. The van der Waals surface area contributed by atoms with Gasteiger partial charge in [-0.3, -0.25) is 0 Å². The highest BCUT2D eigenvalue weighted by Gasteiger charge is 2.14. The molecule has 2 nitrogen and oxygen atoms in total. The fourth-order valence-electron chi connectivity index (χ4n) is 2.35. The molecule has 0 spiro atoms. The number of rotatable bonds is 3. The Bertz CT molecular complexity index is 787. The maximum Gasteiger partial charge on any atom is 0.144 e. The van der Waals surface area contributed by atoms with Gasteiger partial charge in [0, 0.05) is 6.54 Å². The summed E-state index contributed by atoms with van der Waals surface area (Å²) in [6, 6.07) is 14.6. The van der Waals surface area contributed by atoms with Crippen LogP contribution >= 0.6 is 0 Å². The van der Waals surface area contributed by atoms with Gasteiger partial charge in [-0.05, 0) is 31.2 Å². The second-order valence-corrected chi connectivity index (χ2v) is 4.95. The standard InChI is InChI=1S/C17H15FN2/c1-12(2)11-20-16-10-6-5-9-15(16)19-17(20)13-7-3-4-8-14(13)18/h3-10H,1,11H2,2H3. The van der Waals surface area contributed by atoms with Crippen molar-refractivity contribution in [2.75, 3.05) is 0 Å². The van der Waals surface area contributed by atoms with E-state index < -0.39 is 0 Å². The summed E-state index contributed by atoms with van der Waals surface area (Å²) in [6.07, 6.45) is 0. The van der Waals surface area contributed by atoms with E-state index in [1.54, 1.807) is 12.1 Å². The summed E-state index contributed by atoms with van der Waals surface area (Å²) in [6.45, 7) is 6.54. The first-order chi connectivity index (χ1) is 9.66. The van der Waals surface area contributed by atoms with Crippen molar-refractivity contribution in [3.8, 4) is 11.4 Å². The highest BCUT2D eigenvalue weighted by Crippen LogP contribution is 2.27. The van der Waals surface area contributed by atoms with Gasteiger partial charge in [0.05, 0.1) is 16.6 Å². The van der Waals surface area contributed by atoms with Gasteiger partial charge in [-0.2, -0.15) is 0 Å². The molecule has 1 heterocycles. The molecule has 2 aromatic carbocycles. The molecule has 0 saturated heterocycles. The number of benzene rings is 2. The second-order valence-electron chi connectivity index (χ2n) is 4.95. The summed E-state index contributed by atoms with van der Waals surface area (Å²) in [5, 5.41) is 0. The molecule has 0 bridgehead atoms. The SMILES string of the molecule is C=C(C)Cn1c(-c2ccccc2F)nc2ccccc21. The molecule has 3 heteroatoms. The number of para-hydroxylation sites is 2. The number of fused-ring (bicyclic) bond motifs is 1. The van der Waals surface area contributed by atoms with E-state index in [2.05, 4.69) is 11.6 Å². The monoisotopic (exact) mass is 266 g/mol. The van der Waals surface area contributed by atoms with Crippen LogP contribution < -0.4 is 0 Å². The molecule has 0 fully saturated rings. The summed E-state index contributed by atoms with van der Waals surface area (Å²) in [5.41, 5.74) is 3.39. The summed E-state index contributed by atoms with van der Waals surface area (Å²) in [4.78, 5) is 4.58. The highest BCUT2D eigenvalue weighted by molar-refractivity contribution is 5.80. The second kappa shape index (κ2) is 4.93. The molecular formula is C17H15FN2. The van der Waals surface area contributed by atoms with E-state index in [4.69, 9.17) is 0 Å². The predicted molar refractivity (Wildman–Crippen MR) is 79.9 cm³/mol. The first kappa shape index (κ1) is 12.6. The van der Waals surface area contributed by atoms with Crippen LogP contribution in [0, 0.1) is 5.82 Å². The first-order valence-electron chi connectivity index (χ1n) is 6.51. The van der Waals surface area contributed by atoms with Crippen LogP contribution in [-0.4, -0.2) is 9.55 Å². The Morgan fingerprint density at radius 2 is 1.85 bits per heavy atom. The lowest BCUT2D eigenvalue weighted by molar-refractivity contribution is 0.628. The molecule has 1 aromatic heterocycles. The van der Waals surface area contributed by atoms with Crippen molar-refractivity contribution in [1.82, 2.24) is 9.55 Å². The molecule has 0 aliphatic heterocycles. The lowest BCUT2D eigenvalue weighted by atomic mass is 10.2. The molecule has 3 aromatic rings. The van der Waals surface area contributed by atoms with Crippen LogP contribution in [0.4, 0.5) is 4.39 Å².